The van der Waals surface area contributed by atoms with Crippen LogP contribution in [0.1, 0.15) is 59.1 Å². The van der Waals surface area contributed by atoms with Gasteiger partial charge < -0.3 is 10.2 Å². The van der Waals surface area contributed by atoms with Crippen LogP contribution in [0.5, 0.6) is 0 Å². The molecule has 4 heteroatoms. The fourth-order valence-corrected chi connectivity index (χ4v) is 4.84. The van der Waals surface area contributed by atoms with Gasteiger partial charge in [0.05, 0.1) is 24.0 Å². The van der Waals surface area contributed by atoms with Gasteiger partial charge in [-0.05, 0) is 57.1 Å². The second-order valence-electron chi connectivity index (χ2n) is 6.58. The van der Waals surface area contributed by atoms with E-state index in [4.69, 9.17) is 0 Å². The highest BCUT2D eigenvalue weighted by molar-refractivity contribution is 7.14. The van der Waals surface area contributed by atoms with Crippen LogP contribution in [-0.4, -0.2) is 31.6 Å². The minimum absolute atomic E-state index is 0.135. The van der Waals surface area contributed by atoms with E-state index in [1.165, 1.54) is 55.6 Å². The van der Waals surface area contributed by atoms with Gasteiger partial charge in [-0.1, -0.05) is 0 Å². The maximum Gasteiger partial charge on any atom is 0.261 e. The molecular formula is C17H27N2OS+. The van der Waals surface area contributed by atoms with Crippen LogP contribution in [0.4, 0.5) is 0 Å². The minimum Gasteiger partial charge on any atom is -0.351 e. The van der Waals surface area contributed by atoms with E-state index in [2.05, 4.69) is 18.3 Å². The molecule has 0 radical (unpaired) electrons. The van der Waals surface area contributed by atoms with Crippen LogP contribution < -0.4 is 10.2 Å². The number of piperidine rings is 1. The largest absolute Gasteiger partial charge is 0.351 e. The van der Waals surface area contributed by atoms with Crippen molar-refractivity contribution < 1.29 is 9.69 Å². The summed E-state index contributed by atoms with van der Waals surface area (Å²) < 4.78 is 0. The summed E-state index contributed by atoms with van der Waals surface area (Å²) in [6, 6.07) is 2.91. The average molecular weight is 307 g/mol. The highest BCUT2D eigenvalue weighted by atomic mass is 32.1. The number of nitrogens with one attached hydrogen (secondary N) is 2. The van der Waals surface area contributed by atoms with Crippen molar-refractivity contribution in [2.24, 2.45) is 0 Å². The van der Waals surface area contributed by atoms with E-state index in [0.29, 0.717) is 0 Å². The number of hydrogen-bond donors (Lipinski definition) is 2. The third-order valence-corrected chi connectivity index (χ3v) is 6.25. The first-order valence-corrected chi connectivity index (χ1v) is 9.30. The Morgan fingerprint density at radius 3 is 3.10 bits per heavy atom. The Hall–Kier alpha value is -0.870. The van der Waals surface area contributed by atoms with E-state index in [1.54, 1.807) is 16.2 Å². The number of carbonyl (C=O) groups is 1. The van der Waals surface area contributed by atoms with Crippen LogP contribution in [0.2, 0.25) is 0 Å². The van der Waals surface area contributed by atoms with Crippen LogP contribution >= 0.6 is 11.3 Å². The molecule has 3 nitrogen and oxygen atoms in total. The molecule has 1 amide bonds. The molecule has 1 saturated heterocycles. The summed E-state index contributed by atoms with van der Waals surface area (Å²) in [5, 5.41) is 3.10. The van der Waals surface area contributed by atoms with Crippen LogP contribution in [0.3, 0.4) is 0 Å². The van der Waals surface area contributed by atoms with Gasteiger partial charge in [0.25, 0.3) is 5.91 Å². The Kier molecular flexibility index (Phi) is 4.96. The summed E-state index contributed by atoms with van der Waals surface area (Å²) >= 11 is 1.70. The SMILES string of the molecule is C[C@H]1CCCC[NH+]1CCCNC(=O)c1cc2c(s1)CCC2. The summed E-state index contributed by atoms with van der Waals surface area (Å²) in [6.45, 7) is 5.69. The first-order chi connectivity index (χ1) is 10.2. The lowest BCUT2D eigenvalue weighted by molar-refractivity contribution is -0.928. The first kappa shape index (κ1) is 15.0. The van der Waals surface area contributed by atoms with Crippen molar-refractivity contribution in [3.8, 4) is 0 Å². The molecule has 1 aromatic heterocycles. The molecule has 21 heavy (non-hydrogen) atoms. The molecule has 0 spiro atoms. The maximum absolute atomic E-state index is 12.2. The smallest absolute Gasteiger partial charge is 0.261 e. The Morgan fingerprint density at radius 1 is 1.38 bits per heavy atom. The number of quaternary nitrogens is 1. The standard InChI is InChI=1S/C17H26N2OS/c1-13-6-2-3-10-19(13)11-5-9-18-17(20)16-12-14-7-4-8-15(14)21-16/h12-13H,2-11H2,1H3,(H,18,20)/p+1/t13-/m0/s1. The predicted molar refractivity (Wildman–Crippen MR) is 87.3 cm³/mol. The normalized spacial score (nSPS) is 24.8. The van der Waals surface area contributed by atoms with Crippen molar-refractivity contribution in [2.75, 3.05) is 19.6 Å². The van der Waals surface area contributed by atoms with Gasteiger partial charge in [-0.3, -0.25) is 4.79 Å². The number of fused-ring (bicyclic) bond motifs is 1. The van der Waals surface area contributed by atoms with E-state index < -0.39 is 0 Å². The molecule has 1 aromatic rings. The van der Waals surface area contributed by atoms with Gasteiger partial charge in [0.1, 0.15) is 0 Å². The summed E-state index contributed by atoms with van der Waals surface area (Å²) in [4.78, 5) is 16.2. The third-order valence-electron chi connectivity index (χ3n) is 5.01. The molecule has 1 fully saturated rings. The molecule has 1 unspecified atom stereocenters. The molecule has 2 heterocycles. The van der Waals surface area contributed by atoms with E-state index in [0.717, 1.165) is 30.3 Å². The summed E-state index contributed by atoms with van der Waals surface area (Å²) in [5.74, 6) is 0.135. The molecule has 1 aliphatic carbocycles. The topological polar surface area (TPSA) is 33.5 Å². The minimum atomic E-state index is 0.135. The third kappa shape index (κ3) is 3.67. The number of carbonyl (C=O) groups excluding carboxylic acids is 1. The fraction of sp³-hybridized carbons (Fsp3) is 0.706. The van der Waals surface area contributed by atoms with Gasteiger partial charge >= 0.3 is 0 Å². The fourth-order valence-electron chi connectivity index (χ4n) is 3.67. The van der Waals surface area contributed by atoms with E-state index in [1.807, 2.05) is 0 Å². The second kappa shape index (κ2) is 6.93. The monoisotopic (exact) mass is 307 g/mol. The quantitative estimate of drug-likeness (QED) is 0.799. The van der Waals surface area contributed by atoms with Crippen LogP contribution in [0.25, 0.3) is 0 Å². The van der Waals surface area contributed by atoms with Crippen LogP contribution in [0.15, 0.2) is 6.07 Å². The second-order valence-corrected chi connectivity index (χ2v) is 7.71. The first-order valence-electron chi connectivity index (χ1n) is 8.48. The van der Waals surface area contributed by atoms with Gasteiger partial charge in [0, 0.05) is 17.8 Å². The summed E-state index contributed by atoms with van der Waals surface area (Å²) in [5.41, 5.74) is 1.41. The number of hydrogen-bond acceptors (Lipinski definition) is 2. The van der Waals surface area contributed by atoms with Crippen LogP contribution in [-0.2, 0) is 12.8 Å². The highest BCUT2D eigenvalue weighted by Gasteiger charge is 2.21. The summed E-state index contributed by atoms with van der Waals surface area (Å²) in [7, 11) is 0. The number of rotatable bonds is 5. The number of likely N-dealkylation sites (tertiary alicyclic amines) is 1. The van der Waals surface area contributed by atoms with Crippen molar-refractivity contribution >= 4 is 17.2 Å². The molecule has 2 atom stereocenters. The molecule has 1 aliphatic heterocycles. The van der Waals surface area contributed by atoms with E-state index >= 15 is 0 Å². The Balaban J connectivity index is 1.39. The average Bonchev–Trinajstić information content (AvgIpc) is 3.06. The molecule has 2 aliphatic rings. The number of amides is 1. The molecule has 116 valence electrons. The molecule has 0 saturated carbocycles. The van der Waals surface area contributed by atoms with Crippen molar-refractivity contribution in [3.05, 3.63) is 21.4 Å². The van der Waals surface area contributed by atoms with Gasteiger partial charge in [-0.15, -0.1) is 11.3 Å². The lowest BCUT2D eigenvalue weighted by Crippen LogP contribution is -3.16. The Bertz CT molecular complexity index is 475. The lowest BCUT2D eigenvalue weighted by Gasteiger charge is -2.30. The lowest BCUT2D eigenvalue weighted by atomic mass is 10.0. The van der Waals surface area contributed by atoms with Gasteiger partial charge in [-0.25, -0.2) is 0 Å². The highest BCUT2D eigenvalue weighted by Crippen LogP contribution is 2.30. The van der Waals surface area contributed by atoms with Crippen LogP contribution in [0, 0.1) is 0 Å². The van der Waals surface area contributed by atoms with Gasteiger partial charge in [-0.2, -0.15) is 0 Å². The number of thiophene rings is 1. The summed E-state index contributed by atoms with van der Waals surface area (Å²) in [6.07, 6.45) is 8.81. The van der Waals surface area contributed by atoms with Crippen molar-refractivity contribution in [1.29, 1.82) is 0 Å². The zero-order chi connectivity index (χ0) is 14.7. The molecule has 3 rings (SSSR count). The zero-order valence-electron chi connectivity index (χ0n) is 13.0. The zero-order valence-corrected chi connectivity index (χ0v) is 13.9. The molecular weight excluding hydrogens is 280 g/mol. The van der Waals surface area contributed by atoms with Gasteiger partial charge in [0.15, 0.2) is 0 Å². The number of aryl methyl sites for hydroxylation is 2. The Morgan fingerprint density at radius 2 is 2.29 bits per heavy atom. The van der Waals surface area contributed by atoms with Crippen molar-refractivity contribution in [3.63, 3.8) is 0 Å². The van der Waals surface area contributed by atoms with Crippen molar-refractivity contribution in [1.82, 2.24) is 5.32 Å². The Labute approximate surface area is 131 Å². The molecule has 0 aromatic carbocycles. The maximum atomic E-state index is 12.2. The van der Waals surface area contributed by atoms with Crippen molar-refractivity contribution in [2.45, 2.75) is 57.9 Å². The predicted octanol–water partition coefficient (Wildman–Crippen LogP) is 1.81. The van der Waals surface area contributed by atoms with E-state index in [-0.39, 0.29) is 5.91 Å². The van der Waals surface area contributed by atoms with Gasteiger partial charge in [0.2, 0.25) is 0 Å². The van der Waals surface area contributed by atoms with E-state index in [9.17, 15) is 4.79 Å². The molecule has 2 N–H and O–H groups in total. The molecule has 0 bridgehead atoms.